The molecule has 0 N–H and O–H groups in total. The average molecular weight is 540 g/mol. The number of hydrogen-bond acceptors (Lipinski definition) is 7. The summed E-state index contributed by atoms with van der Waals surface area (Å²) in [6.45, 7) is 0.812. The molecule has 0 atom stereocenters. The molecule has 0 saturated carbocycles. The number of aromatic nitrogens is 2. The molecule has 1 aliphatic rings. The number of methoxy groups -OCH3 is 1. The van der Waals surface area contributed by atoms with Gasteiger partial charge in [-0.1, -0.05) is 35.9 Å². The first kappa shape index (κ1) is 24.1. The van der Waals surface area contributed by atoms with Gasteiger partial charge in [0, 0.05) is 28.9 Å². The molecule has 0 aliphatic carbocycles. The molecule has 3 aromatic carbocycles. The van der Waals surface area contributed by atoms with E-state index in [2.05, 4.69) is 10.1 Å². The van der Waals surface area contributed by atoms with Crippen molar-refractivity contribution >= 4 is 50.8 Å². The van der Waals surface area contributed by atoms with E-state index in [0.717, 1.165) is 52.4 Å². The Morgan fingerprint density at radius 2 is 1.74 bits per heavy atom. The van der Waals surface area contributed by atoms with Crippen molar-refractivity contribution in [3.8, 4) is 16.9 Å². The SMILES string of the molecule is COc1ccc(C2=NN(c3ccc(/C=N/n4cnc5scc(-c6ccc(Cl)cc6)c5c4=O)cc3)CC2)cc1. The van der Waals surface area contributed by atoms with Crippen LogP contribution in [0.3, 0.4) is 0 Å². The van der Waals surface area contributed by atoms with E-state index in [1.54, 1.807) is 13.3 Å². The van der Waals surface area contributed by atoms with Crippen molar-refractivity contribution in [1.82, 2.24) is 9.66 Å². The third-order valence-corrected chi connectivity index (χ3v) is 7.52. The summed E-state index contributed by atoms with van der Waals surface area (Å²) in [5.74, 6) is 0.830. The minimum Gasteiger partial charge on any atom is -0.497 e. The molecule has 1 aliphatic heterocycles. The van der Waals surface area contributed by atoms with Crippen LogP contribution in [0.1, 0.15) is 17.5 Å². The van der Waals surface area contributed by atoms with E-state index >= 15 is 0 Å². The zero-order chi connectivity index (χ0) is 26.1. The zero-order valence-corrected chi connectivity index (χ0v) is 22.0. The van der Waals surface area contributed by atoms with E-state index < -0.39 is 0 Å². The van der Waals surface area contributed by atoms with Crippen LogP contribution in [0, 0.1) is 0 Å². The maximum absolute atomic E-state index is 13.2. The van der Waals surface area contributed by atoms with Crippen molar-refractivity contribution in [2.45, 2.75) is 6.42 Å². The summed E-state index contributed by atoms with van der Waals surface area (Å²) in [4.78, 5) is 18.4. The van der Waals surface area contributed by atoms with Crippen LogP contribution in [0.4, 0.5) is 5.69 Å². The lowest BCUT2D eigenvalue weighted by Crippen LogP contribution is -2.16. The Balaban J connectivity index is 1.21. The normalized spacial score (nSPS) is 13.4. The summed E-state index contributed by atoms with van der Waals surface area (Å²) in [6, 6.07) is 23.3. The van der Waals surface area contributed by atoms with E-state index in [9.17, 15) is 4.79 Å². The summed E-state index contributed by atoms with van der Waals surface area (Å²) < 4.78 is 6.52. The number of fused-ring (bicyclic) bond motifs is 1. The maximum atomic E-state index is 13.2. The molecule has 0 radical (unpaired) electrons. The van der Waals surface area contributed by atoms with Gasteiger partial charge in [0.25, 0.3) is 5.56 Å². The zero-order valence-electron chi connectivity index (χ0n) is 20.4. The first-order valence-electron chi connectivity index (χ1n) is 12.0. The first-order chi connectivity index (χ1) is 18.6. The average Bonchev–Trinajstić information content (AvgIpc) is 3.62. The van der Waals surface area contributed by atoms with Crippen molar-refractivity contribution in [3.63, 3.8) is 0 Å². The van der Waals surface area contributed by atoms with Gasteiger partial charge in [-0.05, 0) is 65.2 Å². The molecule has 0 spiro atoms. The number of anilines is 1. The highest BCUT2D eigenvalue weighted by Crippen LogP contribution is 2.31. The van der Waals surface area contributed by atoms with Gasteiger partial charge in [0.05, 0.1) is 30.1 Å². The van der Waals surface area contributed by atoms with Crippen molar-refractivity contribution in [1.29, 1.82) is 0 Å². The molecule has 0 amide bonds. The highest BCUT2D eigenvalue weighted by molar-refractivity contribution is 7.17. The van der Waals surface area contributed by atoms with Gasteiger partial charge in [0.1, 0.15) is 16.9 Å². The molecule has 2 aromatic heterocycles. The molecule has 5 aromatic rings. The van der Waals surface area contributed by atoms with E-state index in [-0.39, 0.29) is 5.56 Å². The highest BCUT2D eigenvalue weighted by atomic mass is 35.5. The smallest absolute Gasteiger partial charge is 0.283 e. The second-order valence-electron chi connectivity index (χ2n) is 8.72. The van der Waals surface area contributed by atoms with Gasteiger partial charge in [0.2, 0.25) is 0 Å². The molecule has 0 fully saturated rings. The third kappa shape index (κ3) is 4.71. The lowest BCUT2D eigenvalue weighted by Gasteiger charge is -2.13. The molecule has 7 nitrogen and oxygen atoms in total. The molecule has 6 rings (SSSR count). The van der Waals surface area contributed by atoms with E-state index in [4.69, 9.17) is 21.4 Å². The van der Waals surface area contributed by atoms with Crippen LogP contribution in [-0.2, 0) is 0 Å². The number of halogens is 1. The largest absolute Gasteiger partial charge is 0.497 e. The Bertz CT molecular complexity index is 1720. The first-order valence-corrected chi connectivity index (χ1v) is 13.2. The monoisotopic (exact) mass is 539 g/mol. The summed E-state index contributed by atoms with van der Waals surface area (Å²) in [7, 11) is 1.66. The number of hydrogen-bond donors (Lipinski definition) is 0. The topological polar surface area (TPSA) is 72.1 Å². The van der Waals surface area contributed by atoms with Gasteiger partial charge in [-0.25, -0.2) is 4.98 Å². The minimum atomic E-state index is -0.216. The van der Waals surface area contributed by atoms with Crippen molar-refractivity contribution in [3.05, 3.63) is 111 Å². The number of thiophene rings is 1. The van der Waals surface area contributed by atoms with Crippen LogP contribution in [0.2, 0.25) is 5.02 Å². The van der Waals surface area contributed by atoms with Crippen LogP contribution in [0.25, 0.3) is 21.3 Å². The van der Waals surface area contributed by atoms with Gasteiger partial charge in [-0.2, -0.15) is 14.9 Å². The fourth-order valence-electron chi connectivity index (χ4n) is 4.34. The van der Waals surface area contributed by atoms with E-state index in [1.807, 2.05) is 83.2 Å². The molecule has 188 valence electrons. The Morgan fingerprint density at radius 1 is 1.00 bits per heavy atom. The number of benzene rings is 3. The Hall–Kier alpha value is -4.27. The molecule has 0 bridgehead atoms. The van der Waals surface area contributed by atoms with Crippen LogP contribution in [0.5, 0.6) is 5.75 Å². The van der Waals surface area contributed by atoms with Crippen LogP contribution in [0.15, 0.2) is 99.5 Å². The summed E-state index contributed by atoms with van der Waals surface area (Å²) in [5.41, 5.74) is 5.53. The second kappa shape index (κ2) is 10.2. The number of nitrogens with zero attached hydrogens (tertiary/aromatic N) is 5. The molecule has 9 heteroatoms. The molecule has 38 heavy (non-hydrogen) atoms. The van der Waals surface area contributed by atoms with Crippen LogP contribution >= 0.6 is 22.9 Å². The van der Waals surface area contributed by atoms with Gasteiger partial charge in [-0.3, -0.25) is 9.80 Å². The van der Waals surface area contributed by atoms with Gasteiger partial charge >= 0.3 is 0 Å². The standard InChI is InChI=1S/C29H22ClN5O2S/c1-37-24-12-6-21(7-13-24)26-14-15-34(33-26)23-10-2-19(3-11-23)16-32-35-18-31-28-27(29(35)36)25(17-38-28)20-4-8-22(30)9-5-20/h2-13,16-18H,14-15H2,1H3/b32-16+. The number of hydrazone groups is 1. The molecular formula is C29H22ClN5O2S. The summed E-state index contributed by atoms with van der Waals surface area (Å²) in [6.07, 6.45) is 3.98. The highest BCUT2D eigenvalue weighted by Gasteiger charge is 2.17. The summed E-state index contributed by atoms with van der Waals surface area (Å²) in [5, 5.41) is 14.3. The van der Waals surface area contributed by atoms with Crippen molar-refractivity contribution in [2.24, 2.45) is 10.2 Å². The lowest BCUT2D eigenvalue weighted by molar-refractivity contribution is 0.415. The van der Waals surface area contributed by atoms with Crippen LogP contribution < -0.4 is 15.3 Å². The van der Waals surface area contributed by atoms with Gasteiger partial charge < -0.3 is 4.74 Å². The second-order valence-corrected chi connectivity index (χ2v) is 10.0. The van der Waals surface area contributed by atoms with Crippen molar-refractivity contribution < 1.29 is 4.74 Å². The third-order valence-electron chi connectivity index (χ3n) is 6.38. The fourth-order valence-corrected chi connectivity index (χ4v) is 5.37. The maximum Gasteiger partial charge on any atom is 0.283 e. The van der Waals surface area contributed by atoms with Gasteiger partial charge in [-0.15, -0.1) is 11.3 Å². The van der Waals surface area contributed by atoms with E-state index in [1.165, 1.54) is 22.3 Å². The molecule has 0 unspecified atom stereocenters. The molecule has 3 heterocycles. The predicted molar refractivity (Wildman–Crippen MR) is 155 cm³/mol. The number of ether oxygens (including phenoxy) is 1. The summed E-state index contributed by atoms with van der Waals surface area (Å²) >= 11 is 7.46. The van der Waals surface area contributed by atoms with E-state index in [0.29, 0.717) is 15.2 Å². The van der Waals surface area contributed by atoms with Crippen LogP contribution in [-0.4, -0.2) is 35.2 Å². The Kier molecular flexibility index (Phi) is 6.49. The molecule has 0 saturated heterocycles. The van der Waals surface area contributed by atoms with Crippen molar-refractivity contribution in [2.75, 3.05) is 18.7 Å². The Morgan fingerprint density at radius 3 is 2.47 bits per heavy atom. The molecular weight excluding hydrogens is 518 g/mol. The predicted octanol–water partition coefficient (Wildman–Crippen LogP) is 6.28. The minimum absolute atomic E-state index is 0.216. The van der Waals surface area contributed by atoms with Gasteiger partial charge in [0.15, 0.2) is 0 Å². The fraction of sp³-hybridized carbons (Fsp3) is 0.103. The Labute approximate surface area is 227 Å². The quantitative estimate of drug-likeness (QED) is 0.238. The number of rotatable bonds is 6. The lowest BCUT2D eigenvalue weighted by atomic mass is 10.1.